The fourth-order valence-electron chi connectivity index (χ4n) is 2.12. The van der Waals surface area contributed by atoms with Crippen molar-refractivity contribution in [1.82, 2.24) is 15.2 Å². The Hall–Kier alpha value is -2.20. The van der Waals surface area contributed by atoms with Crippen molar-refractivity contribution in [2.75, 3.05) is 6.54 Å². The van der Waals surface area contributed by atoms with Crippen LogP contribution in [0.25, 0.3) is 22.2 Å². The lowest BCUT2D eigenvalue weighted by molar-refractivity contribution is 0.969. The molecule has 0 saturated heterocycles. The van der Waals surface area contributed by atoms with E-state index >= 15 is 0 Å². The zero-order valence-electron chi connectivity index (χ0n) is 9.93. The van der Waals surface area contributed by atoms with Crippen molar-refractivity contribution in [3.63, 3.8) is 0 Å². The summed E-state index contributed by atoms with van der Waals surface area (Å²) in [4.78, 5) is 4.24. The molecular formula is C14H14N4. The number of hydrogen-bond acceptors (Lipinski definition) is 3. The van der Waals surface area contributed by atoms with E-state index < -0.39 is 0 Å². The van der Waals surface area contributed by atoms with Crippen LogP contribution in [0.5, 0.6) is 0 Å². The van der Waals surface area contributed by atoms with Gasteiger partial charge in [0.25, 0.3) is 0 Å². The predicted molar refractivity (Wildman–Crippen MR) is 72.1 cm³/mol. The molecular weight excluding hydrogens is 224 g/mol. The Morgan fingerprint density at radius 3 is 2.72 bits per heavy atom. The second-order valence-electron chi connectivity index (χ2n) is 4.23. The Labute approximate surface area is 105 Å². The first kappa shape index (κ1) is 10.9. The van der Waals surface area contributed by atoms with Crippen LogP contribution >= 0.6 is 0 Å². The molecule has 0 spiro atoms. The van der Waals surface area contributed by atoms with E-state index in [0.29, 0.717) is 6.54 Å². The van der Waals surface area contributed by atoms with Gasteiger partial charge in [0.1, 0.15) is 0 Å². The van der Waals surface area contributed by atoms with Gasteiger partial charge in [-0.05, 0) is 35.7 Å². The van der Waals surface area contributed by atoms with Gasteiger partial charge >= 0.3 is 0 Å². The first-order valence-corrected chi connectivity index (χ1v) is 5.96. The molecule has 4 heteroatoms. The second-order valence-corrected chi connectivity index (χ2v) is 4.23. The number of nitrogens with one attached hydrogen (secondary N) is 1. The van der Waals surface area contributed by atoms with Crippen LogP contribution in [0.4, 0.5) is 0 Å². The monoisotopic (exact) mass is 238 g/mol. The van der Waals surface area contributed by atoms with E-state index in [1.54, 1.807) is 6.20 Å². The van der Waals surface area contributed by atoms with Crippen LogP contribution in [0.2, 0.25) is 0 Å². The number of nitrogens with two attached hydrogens (primary N) is 1. The lowest BCUT2D eigenvalue weighted by atomic mass is 10.0. The molecule has 0 atom stereocenters. The van der Waals surface area contributed by atoms with Crippen molar-refractivity contribution >= 4 is 11.0 Å². The average Bonchev–Trinajstić information content (AvgIpc) is 2.88. The molecule has 0 amide bonds. The number of fused-ring (bicyclic) bond motifs is 1. The molecule has 4 nitrogen and oxygen atoms in total. The van der Waals surface area contributed by atoms with Crippen LogP contribution in [0.3, 0.4) is 0 Å². The fraction of sp³-hybridized carbons (Fsp3) is 0.143. The Morgan fingerprint density at radius 1 is 1.11 bits per heavy atom. The summed E-state index contributed by atoms with van der Waals surface area (Å²) in [6, 6.07) is 10.5. The van der Waals surface area contributed by atoms with Crippen LogP contribution < -0.4 is 5.73 Å². The fourth-order valence-corrected chi connectivity index (χ4v) is 2.12. The van der Waals surface area contributed by atoms with Crippen LogP contribution in [0, 0.1) is 0 Å². The minimum Gasteiger partial charge on any atom is -0.330 e. The van der Waals surface area contributed by atoms with E-state index in [4.69, 9.17) is 5.73 Å². The predicted octanol–water partition coefficient (Wildman–Crippen LogP) is 2.13. The molecule has 3 rings (SSSR count). The van der Waals surface area contributed by atoms with Gasteiger partial charge < -0.3 is 5.73 Å². The van der Waals surface area contributed by atoms with Crippen LogP contribution in [0.15, 0.2) is 42.7 Å². The van der Waals surface area contributed by atoms with Crippen LogP contribution in [0.1, 0.15) is 5.56 Å². The van der Waals surface area contributed by atoms with Gasteiger partial charge in [0.2, 0.25) is 0 Å². The Kier molecular flexibility index (Phi) is 2.78. The van der Waals surface area contributed by atoms with Gasteiger partial charge in [-0.15, -0.1) is 0 Å². The molecule has 1 aromatic carbocycles. The van der Waals surface area contributed by atoms with Crippen molar-refractivity contribution in [2.24, 2.45) is 5.73 Å². The SMILES string of the molecule is NCCc1ccc(-c2ccnc3[nH]ncc23)cc1. The lowest BCUT2D eigenvalue weighted by Gasteiger charge is -2.04. The van der Waals surface area contributed by atoms with Crippen molar-refractivity contribution in [3.05, 3.63) is 48.3 Å². The maximum atomic E-state index is 5.55. The molecule has 0 bridgehead atoms. The van der Waals surface area contributed by atoms with Crippen molar-refractivity contribution in [3.8, 4) is 11.1 Å². The summed E-state index contributed by atoms with van der Waals surface area (Å²) in [5.41, 5.74) is 9.95. The molecule has 0 fully saturated rings. The highest BCUT2D eigenvalue weighted by Crippen LogP contribution is 2.26. The van der Waals surface area contributed by atoms with Gasteiger partial charge in [-0.2, -0.15) is 5.10 Å². The van der Waals surface area contributed by atoms with Crippen molar-refractivity contribution in [1.29, 1.82) is 0 Å². The minimum absolute atomic E-state index is 0.681. The molecule has 90 valence electrons. The number of H-pyrrole nitrogens is 1. The van der Waals surface area contributed by atoms with Gasteiger partial charge in [-0.25, -0.2) is 4.98 Å². The van der Waals surface area contributed by atoms with Gasteiger partial charge in [0.15, 0.2) is 5.65 Å². The topological polar surface area (TPSA) is 67.6 Å². The first-order valence-electron chi connectivity index (χ1n) is 5.96. The molecule has 2 aromatic heterocycles. The van der Waals surface area contributed by atoms with Gasteiger partial charge in [-0.1, -0.05) is 24.3 Å². The normalized spacial score (nSPS) is 10.9. The number of pyridine rings is 1. The summed E-state index contributed by atoms with van der Waals surface area (Å²) in [5, 5.41) is 7.96. The van der Waals surface area contributed by atoms with Crippen LogP contribution in [-0.2, 0) is 6.42 Å². The third-order valence-electron chi connectivity index (χ3n) is 3.05. The maximum Gasteiger partial charge on any atom is 0.155 e. The Balaban J connectivity index is 2.06. The summed E-state index contributed by atoms with van der Waals surface area (Å²) >= 11 is 0. The molecule has 0 saturated carbocycles. The summed E-state index contributed by atoms with van der Waals surface area (Å²) in [7, 11) is 0. The summed E-state index contributed by atoms with van der Waals surface area (Å²) in [6.45, 7) is 0.681. The van der Waals surface area contributed by atoms with Gasteiger partial charge in [0, 0.05) is 11.6 Å². The van der Waals surface area contributed by atoms with Gasteiger partial charge in [-0.3, -0.25) is 5.10 Å². The lowest BCUT2D eigenvalue weighted by Crippen LogP contribution is -2.02. The largest absolute Gasteiger partial charge is 0.330 e. The number of aromatic amines is 1. The van der Waals surface area contributed by atoms with Crippen molar-refractivity contribution < 1.29 is 0 Å². The zero-order valence-corrected chi connectivity index (χ0v) is 9.93. The van der Waals surface area contributed by atoms with E-state index in [0.717, 1.165) is 23.0 Å². The molecule has 2 heterocycles. The van der Waals surface area contributed by atoms with E-state index in [1.165, 1.54) is 11.1 Å². The smallest absolute Gasteiger partial charge is 0.155 e. The highest BCUT2D eigenvalue weighted by atomic mass is 15.1. The molecule has 0 unspecified atom stereocenters. The molecule has 3 aromatic rings. The third-order valence-corrected chi connectivity index (χ3v) is 3.05. The molecule has 18 heavy (non-hydrogen) atoms. The summed E-state index contributed by atoms with van der Waals surface area (Å²) in [5.74, 6) is 0. The summed E-state index contributed by atoms with van der Waals surface area (Å²) < 4.78 is 0. The molecule has 0 radical (unpaired) electrons. The van der Waals surface area contributed by atoms with E-state index in [2.05, 4.69) is 39.4 Å². The van der Waals surface area contributed by atoms with Crippen molar-refractivity contribution in [2.45, 2.75) is 6.42 Å². The van der Waals surface area contributed by atoms with E-state index in [-0.39, 0.29) is 0 Å². The minimum atomic E-state index is 0.681. The summed E-state index contributed by atoms with van der Waals surface area (Å²) in [6.07, 6.45) is 4.52. The zero-order chi connectivity index (χ0) is 12.4. The molecule has 0 aliphatic carbocycles. The highest BCUT2D eigenvalue weighted by molar-refractivity contribution is 5.91. The standard InChI is InChI=1S/C14H14N4/c15-7-5-10-1-3-11(4-2-10)12-6-8-16-14-13(12)9-17-18-14/h1-4,6,8-9H,5,7,15H2,(H,16,17,18). The van der Waals surface area contributed by atoms with Gasteiger partial charge in [0.05, 0.1) is 6.20 Å². The number of aromatic nitrogens is 3. The number of rotatable bonds is 3. The quantitative estimate of drug-likeness (QED) is 0.734. The average molecular weight is 238 g/mol. The first-order chi connectivity index (χ1) is 8.88. The van der Waals surface area contributed by atoms with E-state index in [1.807, 2.05) is 12.3 Å². The third kappa shape index (κ3) is 1.87. The van der Waals surface area contributed by atoms with E-state index in [9.17, 15) is 0 Å². The Bertz CT molecular complexity index is 655. The number of hydrogen-bond donors (Lipinski definition) is 2. The number of benzene rings is 1. The maximum absolute atomic E-state index is 5.55. The second kappa shape index (κ2) is 4.58. The number of nitrogens with zero attached hydrogens (tertiary/aromatic N) is 2. The Morgan fingerprint density at radius 2 is 1.94 bits per heavy atom. The molecule has 0 aliphatic heterocycles. The molecule has 0 aliphatic rings. The van der Waals surface area contributed by atoms with Crippen LogP contribution in [-0.4, -0.2) is 21.7 Å². The molecule has 3 N–H and O–H groups in total. The highest BCUT2D eigenvalue weighted by Gasteiger charge is 2.05.